The first-order chi connectivity index (χ1) is 10.5. The molecule has 0 radical (unpaired) electrons. The summed E-state index contributed by atoms with van der Waals surface area (Å²) >= 11 is -0.826. The molecule has 1 aromatic carbocycles. The molecule has 0 aromatic heterocycles. The topological polar surface area (TPSA) is 75.7 Å². The molecule has 1 fully saturated rings. The molecule has 1 N–H and O–H groups in total. The van der Waals surface area contributed by atoms with Gasteiger partial charge in [0.1, 0.15) is 5.75 Å². The minimum absolute atomic E-state index is 0.0215. The van der Waals surface area contributed by atoms with Crippen LogP contribution in [0.25, 0.3) is 0 Å². The Morgan fingerprint density at radius 3 is 2.45 bits per heavy atom. The first-order valence-electron chi connectivity index (χ1n) is 6.94. The summed E-state index contributed by atoms with van der Waals surface area (Å²) in [6.45, 7) is 0. The molecule has 0 aliphatic heterocycles. The Kier molecular flexibility index (Phi) is 9.22. The van der Waals surface area contributed by atoms with Crippen molar-refractivity contribution in [3.05, 3.63) is 33.4 Å². The van der Waals surface area contributed by atoms with E-state index in [-0.39, 0.29) is 17.4 Å². The molecule has 1 aliphatic rings. The van der Waals surface area contributed by atoms with Crippen LogP contribution >= 0.6 is 17.0 Å². The van der Waals surface area contributed by atoms with E-state index in [1.807, 2.05) is 0 Å². The van der Waals surface area contributed by atoms with Crippen LogP contribution in [0.5, 0.6) is 5.75 Å². The van der Waals surface area contributed by atoms with Crippen molar-refractivity contribution in [2.45, 2.75) is 38.0 Å². The minimum atomic E-state index is -0.826. The third kappa shape index (κ3) is 5.64. The van der Waals surface area contributed by atoms with Crippen LogP contribution in [-0.2, 0) is 20.8 Å². The van der Waals surface area contributed by atoms with E-state index in [1.54, 1.807) is 7.05 Å². The van der Waals surface area contributed by atoms with Crippen LogP contribution in [0.2, 0.25) is 0 Å². The van der Waals surface area contributed by atoms with Crippen LogP contribution in [0.3, 0.4) is 0 Å². The van der Waals surface area contributed by atoms with Gasteiger partial charge in [0.2, 0.25) is 0 Å². The number of phenolic OH excluding ortho intramolecular Hbond substituents is 1. The molecule has 8 heteroatoms. The Morgan fingerprint density at radius 1 is 1.36 bits per heavy atom. The molecule has 5 nitrogen and oxygen atoms in total. The molecule has 1 saturated carbocycles. The Balaban J connectivity index is 0.000000745. The summed E-state index contributed by atoms with van der Waals surface area (Å²) in [6.07, 6.45) is 6.87. The van der Waals surface area contributed by atoms with Crippen molar-refractivity contribution >= 4 is 28.9 Å². The number of non-ortho nitro benzene ring substituents is 1. The second-order valence-electron chi connectivity index (χ2n) is 5.02. The predicted octanol–water partition coefficient (Wildman–Crippen LogP) is 4.77. The fourth-order valence-electron chi connectivity index (χ4n) is 2.73. The normalized spacial score (nSPS) is 15.2. The van der Waals surface area contributed by atoms with E-state index in [0.717, 1.165) is 25.7 Å². The molecule has 0 spiro atoms. The van der Waals surface area contributed by atoms with E-state index < -0.39 is 25.8 Å². The van der Waals surface area contributed by atoms with E-state index >= 15 is 0 Å². The zero-order valence-electron chi connectivity index (χ0n) is 12.3. The number of rotatable bonds is 3. The Labute approximate surface area is 148 Å². The predicted molar refractivity (Wildman–Crippen MR) is 85.8 cm³/mol. The number of nitro benzene ring substituents is 1. The monoisotopic (exact) mass is 422 g/mol. The average Bonchev–Trinajstić information content (AvgIpc) is 2.51. The number of benzene rings is 1. The van der Waals surface area contributed by atoms with Gasteiger partial charge in [-0.1, -0.05) is 19.3 Å². The van der Waals surface area contributed by atoms with Crippen molar-refractivity contribution in [1.82, 2.24) is 0 Å². The van der Waals surface area contributed by atoms with Gasteiger partial charge in [-0.05, 0) is 18.8 Å². The fourth-order valence-corrected chi connectivity index (χ4v) is 2.73. The van der Waals surface area contributed by atoms with Crippen molar-refractivity contribution in [3.63, 3.8) is 0 Å². The summed E-state index contributed by atoms with van der Waals surface area (Å²) in [5.74, 6) is 0.362. The second-order valence-corrected chi connectivity index (χ2v) is 8.76. The van der Waals surface area contributed by atoms with Gasteiger partial charge in [0, 0.05) is 36.5 Å². The molecule has 0 atom stereocenters. The van der Waals surface area contributed by atoms with E-state index in [1.165, 1.54) is 24.8 Å². The van der Waals surface area contributed by atoms with Crippen LogP contribution in [0.4, 0.5) is 5.69 Å². The summed E-state index contributed by atoms with van der Waals surface area (Å²) in [5.41, 5.74) is 1.15. The van der Waals surface area contributed by atoms with Crippen LogP contribution in [0.1, 0.15) is 49.1 Å². The number of halogens is 2. The van der Waals surface area contributed by atoms with Crippen molar-refractivity contribution in [2.75, 3.05) is 7.05 Å². The Hall–Kier alpha value is -0.447. The summed E-state index contributed by atoms with van der Waals surface area (Å²) in [4.78, 5) is 14.4. The zero-order chi connectivity index (χ0) is 16.5. The van der Waals surface area contributed by atoms with Gasteiger partial charge in [-0.2, -0.15) is 0 Å². The molecule has 0 bridgehead atoms. The number of phenols is 1. The number of hydrogen-bond acceptors (Lipinski definition) is 4. The Morgan fingerprint density at radius 2 is 1.95 bits per heavy atom. The van der Waals surface area contributed by atoms with Crippen LogP contribution in [0, 0.1) is 10.1 Å². The summed E-state index contributed by atoms with van der Waals surface area (Å²) in [7, 11) is 11.4. The third-order valence-corrected chi connectivity index (χ3v) is 3.68. The maximum absolute atomic E-state index is 11.0. The van der Waals surface area contributed by atoms with Gasteiger partial charge < -0.3 is 5.11 Å². The van der Waals surface area contributed by atoms with Gasteiger partial charge in [-0.3, -0.25) is 15.1 Å². The summed E-state index contributed by atoms with van der Waals surface area (Å²) < 4.78 is 0. The quantitative estimate of drug-likeness (QED) is 0.431. The number of aliphatic imine (C=N–C) groups is 1. The number of nitro groups is 1. The van der Waals surface area contributed by atoms with Crippen LogP contribution < -0.4 is 0 Å². The average molecular weight is 424 g/mol. The molecule has 2 rings (SSSR count). The summed E-state index contributed by atoms with van der Waals surface area (Å²) in [5, 5.41) is 21.2. The number of nitrogens with zero attached hydrogens (tertiary/aromatic N) is 2. The van der Waals surface area contributed by atoms with Crippen molar-refractivity contribution in [2.24, 2.45) is 4.99 Å². The van der Waals surface area contributed by atoms with Gasteiger partial charge >= 0.3 is 37.9 Å². The van der Waals surface area contributed by atoms with Crippen LogP contribution in [0.15, 0.2) is 17.1 Å². The first-order valence-corrected chi connectivity index (χ1v) is 13.3. The van der Waals surface area contributed by atoms with Crippen molar-refractivity contribution < 1.29 is 30.9 Å². The van der Waals surface area contributed by atoms with Crippen molar-refractivity contribution in [3.8, 4) is 5.75 Å². The summed E-state index contributed by atoms with van der Waals surface area (Å²) in [6, 6.07) is 2.88. The standard InChI is InChI=1S/C14H18N2O3.2ClH.Zr/c1-15-9-11-7-12(16(18)19)8-13(14(11)17)10-5-3-2-4-6-10;;;/h7-10,17H,2-6H2,1H3;2*1H;/q;;;+2/p-2. The molecule has 22 heavy (non-hydrogen) atoms. The second kappa shape index (κ2) is 10.4. The third-order valence-electron chi connectivity index (χ3n) is 3.68. The maximum atomic E-state index is 11.0. The van der Waals surface area contributed by atoms with E-state index in [4.69, 9.17) is 17.0 Å². The van der Waals surface area contributed by atoms with Gasteiger partial charge in [-0.15, -0.1) is 0 Å². The number of hydrogen-bond donors (Lipinski definition) is 1. The van der Waals surface area contributed by atoms with Crippen molar-refractivity contribution in [1.29, 1.82) is 0 Å². The number of aromatic hydroxyl groups is 1. The molecule has 1 aromatic rings. The first kappa shape index (κ1) is 19.6. The van der Waals surface area contributed by atoms with Crippen LogP contribution in [-0.4, -0.2) is 23.3 Å². The van der Waals surface area contributed by atoms with E-state index in [0.29, 0.717) is 11.1 Å². The molecule has 1 aliphatic carbocycles. The zero-order valence-corrected chi connectivity index (χ0v) is 16.2. The molecule has 0 amide bonds. The molecular weight excluding hydrogens is 406 g/mol. The molecule has 0 saturated heterocycles. The van der Waals surface area contributed by atoms with Gasteiger partial charge in [0.25, 0.3) is 5.69 Å². The van der Waals surface area contributed by atoms with E-state index in [2.05, 4.69) is 4.99 Å². The Bertz CT molecular complexity index is 535. The van der Waals surface area contributed by atoms with E-state index in [9.17, 15) is 15.2 Å². The fraction of sp³-hybridized carbons (Fsp3) is 0.500. The molecule has 120 valence electrons. The molecule has 0 unspecified atom stereocenters. The van der Waals surface area contributed by atoms with Gasteiger partial charge in [-0.25, -0.2) is 0 Å². The molecular formula is C14H18Cl2N2O3Zr. The van der Waals surface area contributed by atoms with Gasteiger partial charge in [0.05, 0.1) is 4.92 Å². The SMILES string of the molecule is CN=Cc1cc([N+](=O)[O-])cc(C2CCCCC2)c1O.[Cl][Zr][Cl]. The molecule has 0 heterocycles. The van der Waals surface area contributed by atoms with Gasteiger partial charge in [0.15, 0.2) is 0 Å².